The molecule has 88 valence electrons. The molecule has 1 aliphatic rings. The Labute approximate surface area is 99.5 Å². The molecule has 1 aromatic rings. The molecule has 0 aliphatic heterocycles. The smallest absolute Gasteiger partial charge is 0.336 e. The molecule has 4 heteroatoms. The van der Waals surface area contributed by atoms with Gasteiger partial charge in [0.2, 0.25) is 0 Å². The predicted octanol–water partition coefficient (Wildman–Crippen LogP) is 2.87. The van der Waals surface area contributed by atoms with Crippen LogP contribution in [0.15, 0.2) is 11.4 Å². The molecule has 0 saturated heterocycles. The van der Waals surface area contributed by atoms with Crippen molar-refractivity contribution in [2.75, 3.05) is 0 Å². The summed E-state index contributed by atoms with van der Waals surface area (Å²) in [4.78, 5) is 11.8. The first kappa shape index (κ1) is 11.6. The lowest BCUT2D eigenvalue weighted by atomic mass is 10.0. The minimum atomic E-state index is -0.838. The zero-order chi connectivity index (χ0) is 11.6. The Balaban J connectivity index is 1.91. The van der Waals surface area contributed by atoms with Gasteiger partial charge in [-0.2, -0.15) is 0 Å². The van der Waals surface area contributed by atoms with Crippen LogP contribution >= 0.6 is 11.3 Å². The molecule has 0 spiro atoms. The van der Waals surface area contributed by atoms with Gasteiger partial charge in [0, 0.05) is 22.3 Å². The minimum absolute atomic E-state index is 0.257. The normalized spacial score (nSPS) is 18.8. The number of aromatic carboxylic acids is 1. The summed E-state index contributed by atoms with van der Waals surface area (Å²) >= 11 is 1.52. The molecule has 1 aliphatic carbocycles. The van der Waals surface area contributed by atoms with Crippen LogP contribution in [0.25, 0.3) is 0 Å². The fourth-order valence-corrected chi connectivity index (χ4v) is 3.02. The van der Waals surface area contributed by atoms with Crippen molar-refractivity contribution in [3.63, 3.8) is 0 Å². The van der Waals surface area contributed by atoms with Gasteiger partial charge in [-0.25, -0.2) is 4.79 Å². The van der Waals surface area contributed by atoms with Crippen molar-refractivity contribution in [2.24, 2.45) is 0 Å². The van der Waals surface area contributed by atoms with Crippen LogP contribution in [0, 0.1) is 0 Å². The molecule has 0 unspecified atom stereocenters. The van der Waals surface area contributed by atoms with Gasteiger partial charge in [-0.3, -0.25) is 0 Å². The van der Waals surface area contributed by atoms with Crippen LogP contribution in [-0.2, 0) is 6.54 Å². The summed E-state index contributed by atoms with van der Waals surface area (Å²) in [5.74, 6) is -0.838. The van der Waals surface area contributed by atoms with Crippen molar-refractivity contribution >= 4 is 17.3 Å². The van der Waals surface area contributed by atoms with E-state index in [1.165, 1.54) is 37.0 Å². The molecule has 0 aromatic carbocycles. The van der Waals surface area contributed by atoms with E-state index in [0.29, 0.717) is 5.56 Å². The Bertz CT molecular complexity index is 380. The molecule has 2 rings (SSSR count). The zero-order valence-corrected chi connectivity index (χ0v) is 10.3. The van der Waals surface area contributed by atoms with Crippen LogP contribution in [0.4, 0.5) is 0 Å². The van der Waals surface area contributed by atoms with E-state index in [-0.39, 0.29) is 5.54 Å². The van der Waals surface area contributed by atoms with Crippen LogP contribution < -0.4 is 5.32 Å². The molecule has 0 radical (unpaired) electrons. The van der Waals surface area contributed by atoms with Crippen LogP contribution in [-0.4, -0.2) is 16.6 Å². The molecule has 1 heterocycles. The maximum absolute atomic E-state index is 10.7. The SMILES string of the molecule is CC1(NCc2cc(C(=O)O)cs2)CCCC1. The average molecular weight is 239 g/mol. The number of nitrogens with one attached hydrogen (secondary N) is 1. The Morgan fingerprint density at radius 3 is 2.81 bits per heavy atom. The number of carbonyl (C=O) groups is 1. The van der Waals surface area contributed by atoms with E-state index in [1.54, 1.807) is 11.4 Å². The van der Waals surface area contributed by atoms with Gasteiger partial charge in [0.25, 0.3) is 0 Å². The number of hydrogen-bond acceptors (Lipinski definition) is 3. The van der Waals surface area contributed by atoms with E-state index in [2.05, 4.69) is 12.2 Å². The Morgan fingerprint density at radius 1 is 1.56 bits per heavy atom. The monoisotopic (exact) mass is 239 g/mol. The quantitative estimate of drug-likeness (QED) is 0.849. The van der Waals surface area contributed by atoms with Gasteiger partial charge in [-0.15, -0.1) is 11.3 Å². The van der Waals surface area contributed by atoms with Crippen LogP contribution in [0.3, 0.4) is 0 Å². The molecular weight excluding hydrogens is 222 g/mol. The Hall–Kier alpha value is -0.870. The van der Waals surface area contributed by atoms with Crippen molar-refractivity contribution in [3.8, 4) is 0 Å². The van der Waals surface area contributed by atoms with E-state index in [0.717, 1.165) is 11.4 Å². The number of rotatable bonds is 4. The maximum atomic E-state index is 10.7. The first-order chi connectivity index (χ1) is 7.59. The van der Waals surface area contributed by atoms with E-state index < -0.39 is 5.97 Å². The van der Waals surface area contributed by atoms with E-state index in [9.17, 15) is 4.79 Å². The molecule has 2 N–H and O–H groups in total. The van der Waals surface area contributed by atoms with Crippen LogP contribution in [0.5, 0.6) is 0 Å². The van der Waals surface area contributed by atoms with Gasteiger partial charge in [0.15, 0.2) is 0 Å². The molecule has 1 saturated carbocycles. The second-order valence-corrected chi connectivity index (χ2v) is 5.72. The summed E-state index contributed by atoms with van der Waals surface area (Å²) < 4.78 is 0. The van der Waals surface area contributed by atoms with Crippen LogP contribution in [0.1, 0.15) is 47.8 Å². The maximum Gasteiger partial charge on any atom is 0.336 e. The summed E-state index contributed by atoms with van der Waals surface area (Å²) in [5.41, 5.74) is 0.659. The second kappa shape index (κ2) is 4.55. The third-order valence-corrected chi connectivity index (χ3v) is 4.23. The lowest BCUT2D eigenvalue weighted by Gasteiger charge is -2.24. The predicted molar refractivity (Wildman–Crippen MR) is 65.0 cm³/mol. The van der Waals surface area contributed by atoms with Gasteiger partial charge in [-0.1, -0.05) is 12.8 Å². The molecule has 16 heavy (non-hydrogen) atoms. The summed E-state index contributed by atoms with van der Waals surface area (Å²) in [6.45, 7) is 3.04. The van der Waals surface area contributed by atoms with Crippen molar-refractivity contribution in [1.82, 2.24) is 5.32 Å². The standard InChI is InChI=1S/C12H17NO2S/c1-12(4-2-3-5-12)13-7-10-6-9(8-16-10)11(14)15/h6,8,13H,2-5,7H2,1H3,(H,14,15). The summed E-state index contributed by atoms with van der Waals surface area (Å²) in [6.07, 6.45) is 5.05. The van der Waals surface area contributed by atoms with E-state index >= 15 is 0 Å². The molecule has 0 amide bonds. The van der Waals surface area contributed by atoms with E-state index in [1.807, 2.05) is 0 Å². The fourth-order valence-electron chi connectivity index (χ4n) is 2.22. The van der Waals surface area contributed by atoms with Gasteiger partial charge in [0.05, 0.1) is 5.56 Å². The van der Waals surface area contributed by atoms with Crippen molar-refractivity contribution in [1.29, 1.82) is 0 Å². The topological polar surface area (TPSA) is 49.3 Å². The lowest BCUT2D eigenvalue weighted by molar-refractivity contribution is 0.0697. The number of thiophene rings is 1. The molecule has 3 nitrogen and oxygen atoms in total. The highest BCUT2D eigenvalue weighted by Gasteiger charge is 2.27. The number of carboxylic acid groups (broad SMARTS) is 1. The largest absolute Gasteiger partial charge is 0.478 e. The Morgan fingerprint density at radius 2 is 2.25 bits per heavy atom. The Kier molecular flexibility index (Phi) is 3.30. The van der Waals surface area contributed by atoms with E-state index in [4.69, 9.17) is 5.11 Å². The summed E-state index contributed by atoms with van der Waals surface area (Å²) in [5, 5.41) is 14.1. The third kappa shape index (κ3) is 2.62. The highest BCUT2D eigenvalue weighted by atomic mass is 32.1. The van der Waals surface area contributed by atoms with Crippen LogP contribution in [0.2, 0.25) is 0 Å². The highest BCUT2D eigenvalue weighted by Crippen LogP contribution is 2.29. The van der Waals surface area contributed by atoms with Crippen molar-refractivity contribution in [2.45, 2.75) is 44.7 Å². The molecule has 1 aromatic heterocycles. The number of carboxylic acids is 1. The second-order valence-electron chi connectivity index (χ2n) is 4.73. The summed E-state index contributed by atoms with van der Waals surface area (Å²) in [6, 6.07) is 1.76. The summed E-state index contributed by atoms with van der Waals surface area (Å²) in [7, 11) is 0. The van der Waals surface area contributed by atoms with Gasteiger partial charge in [-0.05, 0) is 25.8 Å². The fraction of sp³-hybridized carbons (Fsp3) is 0.583. The molecule has 1 fully saturated rings. The average Bonchev–Trinajstić information content (AvgIpc) is 2.84. The van der Waals surface area contributed by atoms with Gasteiger partial charge < -0.3 is 10.4 Å². The third-order valence-electron chi connectivity index (χ3n) is 3.30. The van der Waals surface area contributed by atoms with Crippen molar-refractivity contribution in [3.05, 3.63) is 21.9 Å². The van der Waals surface area contributed by atoms with Crippen molar-refractivity contribution < 1.29 is 9.90 Å². The molecular formula is C12H17NO2S. The van der Waals surface area contributed by atoms with Gasteiger partial charge >= 0.3 is 5.97 Å². The number of hydrogen-bond donors (Lipinski definition) is 2. The highest BCUT2D eigenvalue weighted by molar-refractivity contribution is 7.10. The minimum Gasteiger partial charge on any atom is -0.478 e. The molecule has 0 bridgehead atoms. The van der Waals surface area contributed by atoms with Gasteiger partial charge in [0.1, 0.15) is 0 Å². The molecule has 0 atom stereocenters. The first-order valence-corrected chi connectivity index (χ1v) is 6.53. The first-order valence-electron chi connectivity index (χ1n) is 5.65. The zero-order valence-electron chi connectivity index (χ0n) is 9.45. The lowest BCUT2D eigenvalue weighted by Crippen LogP contribution is -2.38.